The number of aryl methyl sites for hydroxylation is 3. The molecule has 2 heteroatoms. The second-order valence-electron chi connectivity index (χ2n) is 5.68. The molecule has 0 saturated carbocycles. The van der Waals surface area contributed by atoms with Gasteiger partial charge in [-0.1, -0.05) is 32.4 Å². The maximum Gasteiger partial charge on any atom is 0.124 e. The van der Waals surface area contributed by atoms with Gasteiger partial charge in [0.2, 0.25) is 0 Å². The first-order valence-corrected chi connectivity index (χ1v) is 7.42. The monoisotopic (exact) mass is 263 g/mol. The van der Waals surface area contributed by atoms with Crippen LogP contribution < -0.4 is 10.1 Å². The third-order valence-electron chi connectivity index (χ3n) is 3.42. The van der Waals surface area contributed by atoms with E-state index in [-0.39, 0.29) is 0 Å². The second kappa shape index (κ2) is 8.21. The molecular weight excluding hydrogens is 234 g/mol. The normalized spacial score (nSPS) is 11.1. The maximum absolute atomic E-state index is 5.40. The standard InChI is InChI=1S/C17H29NO/c1-13(2)18-10-8-6-7-9-16-11-14(3)17(19-5)15(4)12-16/h11-13,18H,6-10H2,1-5H3. The molecule has 1 aromatic rings. The van der Waals surface area contributed by atoms with E-state index in [2.05, 4.69) is 45.1 Å². The third-order valence-corrected chi connectivity index (χ3v) is 3.42. The molecule has 0 unspecified atom stereocenters. The summed E-state index contributed by atoms with van der Waals surface area (Å²) in [5.74, 6) is 1.03. The molecule has 0 fully saturated rings. The first-order chi connectivity index (χ1) is 9.04. The Morgan fingerprint density at radius 1 is 1.05 bits per heavy atom. The van der Waals surface area contributed by atoms with Gasteiger partial charge in [-0.05, 0) is 56.3 Å². The molecule has 0 bridgehead atoms. The average molecular weight is 263 g/mol. The fraction of sp³-hybridized carbons (Fsp3) is 0.647. The summed E-state index contributed by atoms with van der Waals surface area (Å²) in [6, 6.07) is 5.13. The van der Waals surface area contributed by atoms with E-state index in [1.165, 1.54) is 42.4 Å². The molecule has 0 saturated heterocycles. The highest BCUT2D eigenvalue weighted by atomic mass is 16.5. The van der Waals surface area contributed by atoms with Crippen LogP contribution in [-0.2, 0) is 6.42 Å². The molecule has 19 heavy (non-hydrogen) atoms. The van der Waals surface area contributed by atoms with Gasteiger partial charge in [0.25, 0.3) is 0 Å². The number of rotatable bonds is 8. The average Bonchev–Trinajstić information content (AvgIpc) is 2.33. The largest absolute Gasteiger partial charge is 0.496 e. The Balaban J connectivity index is 2.34. The van der Waals surface area contributed by atoms with E-state index in [4.69, 9.17) is 4.74 Å². The lowest BCUT2D eigenvalue weighted by molar-refractivity contribution is 0.408. The van der Waals surface area contributed by atoms with E-state index in [9.17, 15) is 0 Å². The predicted octanol–water partition coefficient (Wildman–Crippen LogP) is 4.02. The smallest absolute Gasteiger partial charge is 0.124 e. The van der Waals surface area contributed by atoms with Gasteiger partial charge >= 0.3 is 0 Å². The lowest BCUT2D eigenvalue weighted by atomic mass is 10.0. The number of hydrogen-bond donors (Lipinski definition) is 1. The number of nitrogens with one attached hydrogen (secondary N) is 1. The highest BCUT2D eigenvalue weighted by Crippen LogP contribution is 2.25. The minimum Gasteiger partial charge on any atom is -0.496 e. The molecule has 108 valence electrons. The number of ether oxygens (including phenoxy) is 1. The molecule has 0 aliphatic carbocycles. The molecule has 1 rings (SSSR count). The molecule has 0 aliphatic heterocycles. The summed E-state index contributed by atoms with van der Waals surface area (Å²) in [6.45, 7) is 9.79. The number of unbranched alkanes of at least 4 members (excludes halogenated alkanes) is 2. The zero-order valence-corrected chi connectivity index (χ0v) is 13.2. The molecular formula is C17H29NO. The van der Waals surface area contributed by atoms with Crippen molar-refractivity contribution in [2.75, 3.05) is 13.7 Å². The Hall–Kier alpha value is -1.02. The van der Waals surface area contributed by atoms with Crippen LogP contribution in [-0.4, -0.2) is 19.7 Å². The van der Waals surface area contributed by atoms with Crippen molar-refractivity contribution in [1.82, 2.24) is 5.32 Å². The Kier molecular flexibility index (Phi) is 6.93. The van der Waals surface area contributed by atoms with Crippen molar-refractivity contribution in [3.05, 3.63) is 28.8 Å². The van der Waals surface area contributed by atoms with Crippen LogP contribution in [0.3, 0.4) is 0 Å². The molecule has 0 amide bonds. The SMILES string of the molecule is COc1c(C)cc(CCCCCNC(C)C)cc1C. The van der Waals surface area contributed by atoms with Gasteiger partial charge in [0, 0.05) is 6.04 Å². The summed E-state index contributed by atoms with van der Waals surface area (Å²) < 4.78 is 5.40. The van der Waals surface area contributed by atoms with Crippen LogP contribution >= 0.6 is 0 Å². The molecule has 0 aliphatic rings. The van der Waals surface area contributed by atoms with Crippen LogP contribution in [0.15, 0.2) is 12.1 Å². The van der Waals surface area contributed by atoms with E-state index >= 15 is 0 Å². The van der Waals surface area contributed by atoms with E-state index < -0.39 is 0 Å². The summed E-state index contributed by atoms with van der Waals surface area (Å²) >= 11 is 0. The highest BCUT2D eigenvalue weighted by Gasteiger charge is 2.05. The Morgan fingerprint density at radius 2 is 1.68 bits per heavy atom. The zero-order chi connectivity index (χ0) is 14.3. The fourth-order valence-corrected chi connectivity index (χ4v) is 2.53. The van der Waals surface area contributed by atoms with Crippen molar-refractivity contribution in [3.8, 4) is 5.75 Å². The Bertz CT molecular complexity index is 362. The quantitative estimate of drug-likeness (QED) is 0.715. The summed E-state index contributed by atoms with van der Waals surface area (Å²) in [5.41, 5.74) is 3.94. The third kappa shape index (κ3) is 5.65. The van der Waals surface area contributed by atoms with Crippen LogP contribution in [0.25, 0.3) is 0 Å². The van der Waals surface area contributed by atoms with Crippen molar-refractivity contribution in [2.45, 2.75) is 59.4 Å². The molecule has 0 spiro atoms. The number of methoxy groups -OCH3 is 1. The summed E-state index contributed by atoms with van der Waals surface area (Å²) in [4.78, 5) is 0. The maximum atomic E-state index is 5.40. The molecule has 0 aromatic heterocycles. The molecule has 2 nitrogen and oxygen atoms in total. The Labute approximate surface area is 118 Å². The van der Waals surface area contributed by atoms with Gasteiger partial charge in [-0.2, -0.15) is 0 Å². The topological polar surface area (TPSA) is 21.3 Å². The first-order valence-electron chi connectivity index (χ1n) is 7.42. The van der Waals surface area contributed by atoms with Crippen LogP contribution in [0.2, 0.25) is 0 Å². The predicted molar refractivity (Wildman–Crippen MR) is 83.2 cm³/mol. The lowest BCUT2D eigenvalue weighted by Gasteiger charge is -2.11. The fourth-order valence-electron chi connectivity index (χ4n) is 2.53. The first kappa shape index (κ1) is 16.0. The molecule has 0 heterocycles. The van der Waals surface area contributed by atoms with Gasteiger partial charge in [-0.15, -0.1) is 0 Å². The molecule has 0 radical (unpaired) electrons. The number of benzene rings is 1. The van der Waals surface area contributed by atoms with Gasteiger partial charge in [0.1, 0.15) is 5.75 Å². The van der Waals surface area contributed by atoms with Gasteiger partial charge in [-0.25, -0.2) is 0 Å². The zero-order valence-electron chi connectivity index (χ0n) is 13.2. The van der Waals surface area contributed by atoms with Crippen molar-refractivity contribution < 1.29 is 4.74 Å². The summed E-state index contributed by atoms with van der Waals surface area (Å²) in [6.07, 6.45) is 5.01. The van der Waals surface area contributed by atoms with Crippen LogP contribution in [0.1, 0.15) is 49.8 Å². The van der Waals surface area contributed by atoms with E-state index in [1.807, 2.05) is 0 Å². The van der Waals surface area contributed by atoms with E-state index in [0.29, 0.717) is 6.04 Å². The van der Waals surface area contributed by atoms with Crippen molar-refractivity contribution >= 4 is 0 Å². The minimum atomic E-state index is 0.604. The summed E-state index contributed by atoms with van der Waals surface area (Å²) in [5, 5.41) is 3.46. The van der Waals surface area contributed by atoms with Crippen LogP contribution in [0, 0.1) is 13.8 Å². The number of hydrogen-bond acceptors (Lipinski definition) is 2. The van der Waals surface area contributed by atoms with Crippen molar-refractivity contribution in [3.63, 3.8) is 0 Å². The van der Waals surface area contributed by atoms with Crippen molar-refractivity contribution in [2.24, 2.45) is 0 Å². The lowest BCUT2D eigenvalue weighted by Crippen LogP contribution is -2.23. The minimum absolute atomic E-state index is 0.604. The molecule has 1 aromatic carbocycles. The van der Waals surface area contributed by atoms with E-state index in [1.54, 1.807) is 7.11 Å². The van der Waals surface area contributed by atoms with Gasteiger partial charge in [0.15, 0.2) is 0 Å². The second-order valence-corrected chi connectivity index (χ2v) is 5.68. The van der Waals surface area contributed by atoms with Crippen molar-refractivity contribution in [1.29, 1.82) is 0 Å². The van der Waals surface area contributed by atoms with E-state index in [0.717, 1.165) is 12.3 Å². The van der Waals surface area contributed by atoms with Gasteiger partial charge in [-0.3, -0.25) is 0 Å². The molecule has 1 N–H and O–H groups in total. The molecule has 0 atom stereocenters. The van der Waals surface area contributed by atoms with Crippen LogP contribution in [0.5, 0.6) is 5.75 Å². The van der Waals surface area contributed by atoms with Crippen LogP contribution in [0.4, 0.5) is 0 Å². The highest BCUT2D eigenvalue weighted by molar-refractivity contribution is 5.43. The summed E-state index contributed by atoms with van der Waals surface area (Å²) in [7, 11) is 1.75. The Morgan fingerprint density at radius 3 is 2.21 bits per heavy atom. The van der Waals surface area contributed by atoms with Gasteiger partial charge in [0.05, 0.1) is 7.11 Å². The van der Waals surface area contributed by atoms with Gasteiger partial charge < -0.3 is 10.1 Å².